The van der Waals surface area contributed by atoms with Gasteiger partial charge in [-0.15, -0.1) is 0 Å². The first-order chi connectivity index (χ1) is 8.72. The molecule has 1 aromatic rings. The maximum Gasteiger partial charge on any atom is 0.234 e. The zero-order valence-corrected chi connectivity index (χ0v) is 11.2. The molecule has 18 heavy (non-hydrogen) atoms. The fourth-order valence-electron chi connectivity index (χ4n) is 2.48. The molecule has 0 fully saturated rings. The molecule has 100 valence electrons. The van der Waals surface area contributed by atoms with Gasteiger partial charge in [-0.2, -0.15) is 5.10 Å². The van der Waals surface area contributed by atoms with Gasteiger partial charge in [-0.25, -0.2) is 0 Å². The second-order valence-corrected chi connectivity index (χ2v) is 4.86. The summed E-state index contributed by atoms with van der Waals surface area (Å²) in [5, 5.41) is 10.5. The van der Waals surface area contributed by atoms with E-state index in [1.165, 1.54) is 11.3 Å². The molecule has 0 radical (unpaired) electrons. The van der Waals surface area contributed by atoms with Crippen LogP contribution in [0, 0.1) is 0 Å². The van der Waals surface area contributed by atoms with Gasteiger partial charge >= 0.3 is 0 Å². The first-order valence-corrected chi connectivity index (χ1v) is 6.73. The molecule has 1 aliphatic rings. The predicted molar refractivity (Wildman–Crippen MR) is 70.2 cm³/mol. The third kappa shape index (κ3) is 2.90. The van der Waals surface area contributed by atoms with Gasteiger partial charge in [0, 0.05) is 18.3 Å². The Kier molecular flexibility index (Phi) is 4.36. The van der Waals surface area contributed by atoms with Crippen LogP contribution < -0.4 is 10.6 Å². The van der Waals surface area contributed by atoms with Crippen molar-refractivity contribution in [3.8, 4) is 0 Å². The number of nitrogens with one attached hydrogen (secondary N) is 2. The van der Waals surface area contributed by atoms with E-state index in [4.69, 9.17) is 0 Å². The number of carbonyl (C=O) groups is 1. The van der Waals surface area contributed by atoms with E-state index < -0.39 is 0 Å². The molecule has 2 rings (SSSR count). The molecule has 0 saturated heterocycles. The average Bonchev–Trinajstić information content (AvgIpc) is 2.73. The van der Waals surface area contributed by atoms with Gasteiger partial charge in [0.05, 0.1) is 18.8 Å². The highest BCUT2D eigenvalue weighted by Gasteiger charge is 2.24. The molecular formula is C13H22N4O. The summed E-state index contributed by atoms with van der Waals surface area (Å²) < 4.78 is 1.92. The van der Waals surface area contributed by atoms with Crippen molar-refractivity contribution in [1.29, 1.82) is 0 Å². The largest absolute Gasteiger partial charge is 0.348 e. The summed E-state index contributed by atoms with van der Waals surface area (Å²) in [6.45, 7) is 3.38. The fourth-order valence-corrected chi connectivity index (χ4v) is 2.48. The van der Waals surface area contributed by atoms with E-state index in [2.05, 4.69) is 22.7 Å². The maximum absolute atomic E-state index is 11.8. The van der Waals surface area contributed by atoms with E-state index in [1.54, 1.807) is 0 Å². The van der Waals surface area contributed by atoms with E-state index >= 15 is 0 Å². The smallest absolute Gasteiger partial charge is 0.234 e. The van der Waals surface area contributed by atoms with Crippen molar-refractivity contribution in [2.24, 2.45) is 7.05 Å². The number of hydrogen-bond donors (Lipinski definition) is 2. The molecule has 1 aliphatic carbocycles. The quantitative estimate of drug-likeness (QED) is 0.764. The molecule has 0 saturated carbocycles. The third-order valence-electron chi connectivity index (χ3n) is 3.42. The molecule has 2 N–H and O–H groups in total. The standard InChI is InChI=1S/C13H22N4O/c1-3-7-14-9-13(18)16-11-5-4-6-12-10(11)8-15-17(12)2/h8,11,14H,3-7,9H2,1-2H3,(H,16,18). The highest BCUT2D eigenvalue weighted by atomic mass is 16.1. The van der Waals surface area contributed by atoms with Crippen molar-refractivity contribution in [2.75, 3.05) is 13.1 Å². The Labute approximate surface area is 108 Å². The molecule has 0 bridgehead atoms. The Morgan fingerprint density at radius 3 is 3.22 bits per heavy atom. The lowest BCUT2D eigenvalue weighted by Gasteiger charge is -2.23. The van der Waals surface area contributed by atoms with Crippen LogP contribution in [0.5, 0.6) is 0 Å². The van der Waals surface area contributed by atoms with Gasteiger partial charge in [0.25, 0.3) is 0 Å². The lowest BCUT2D eigenvalue weighted by molar-refractivity contribution is -0.121. The highest BCUT2D eigenvalue weighted by Crippen LogP contribution is 2.28. The second kappa shape index (κ2) is 6.00. The molecule has 0 aliphatic heterocycles. The number of nitrogens with zero attached hydrogens (tertiary/aromatic N) is 2. The number of carbonyl (C=O) groups excluding carboxylic acids is 1. The number of rotatable bonds is 5. The monoisotopic (exact) mass is 250 g/mol. The molecule has 1 unspecified atom stereocenters. The third-order valence-corrected chi connectivity index (χ3v) is 3.42. The van der Waals surface area contributed by atoms with Gasteiger partial charge in [0.1, 0.15) is 0 Å². The van der Waals surface area contributed by atoms with Crippen LogP contribution >= 0.6 is 0 Å². The molecule has 5 nitrogen and oxygen atoms in total. The van der Waals surface area contributed by atoms with Crippen molar-refractivity contribution in [3.05, 3.63) is 17.5 Å². The van der Waals surface area contributed by atoms with E-state index in [1.807, 2.05) is 17.9 Å². The van der Waals surface area contributed by atoms with Crippen molar-refractivity contribution in [2.45, 2.75) is 38.6 Å². The lowest BCUT2D eigenvalue weighted by atomic mass is 9.93. The predicted octanol–water partition coefficient (Wildman–Crippen LogP) is 0.913. The molecule has 0 aromatic carbocycles. The number of aryl methyl sites for hydroxylation is 1. The minimum atomic E-state index is 0.0742. The van der Waals surface area contributed by atoms with Crippen molar-refractivity contribution in [3.63, 3.8) is 0 Å². The van der Waals surface area contributed by atoms with Crippen LogP contribution in [0.1, 0.15) is 43.5 Å². The van der Waals surface area contributed by atoms with Gasteiger partial charge in [-0.05, 0) is 32.2 Å². The first-order valence-electron chi connectivity index (χ1n) is 6.73. The molecule has 1 aromatic heterocycles. The number of aromatic nitrogens is 2. The van der Waals surface area contributed by atoms with Crippen LogP contribution in [0.15, 0.2) is 6.20 Å². The van der Waals surface area contributed by atoms with Crippen molar-refractivity contribution >= 4 is 5.91 Å². The van der Waals surface area contributed by atoms with E-state index in [9.17, 15) is 4.79 Å². The zero-order valence-electron chi connectivity index (χ0n) is 11.2. The Balaban J connectivity index is 1.92. The van der Waals surface area contributed by atoms with Crippen LogP contribution in [0.4, 0.5) is 0 Å². The van der Waals surface area contributed by atoms with Crippen LogP contribution in [0.3, 0.4) is 0 Å². The SMILES string of the molecule is CCCNCC(=O)NC1CCCc2c1cnn2C. The van der Waals surface area contributed by atoms with Crippen LogP contribution in [0.2, 0.25) is 0 Å². The van der Waals surface area contributed by atoms with Crippen LogP contribution in [0.25, 0.3) is 0 Å². The van der Waals surface area contributed by atoms with Gasteiger partial charge in [-0.1, -0.05) is 6.92 Å². The molecule has 5 heteroatoms. The Morgan fingerprint density at radius 2 is 2.44 bits per heavy atom. The van der Waals surface area contributed by atoms with E-state index in [0.29, 0.717) is 6.54 Å². The normalized spacial score (nSPS) is 18.4. The summed E-state index contributed by atoms with van der Waals surface area (Å²) in [4.78, 5) is 11.8. The molecule has 1 amide bonds. The molecule has 0 spiro atoms. The minimum Gasteiger partial charge on any atom is -0.348 e. The van der Waals surface area contributed by atoms with Crippen molar-refractivity contribution < 1.29 is 4.79 Å². The summed E-state index contributed by atoms with van der Waals surface area (Å²) in [5.41, 5.74) is 2.45. The summed E-state index contributed by atoms with van der Waals surface area (Å²) in [5.74, 6) is 0.0742. The summed E-state index contributed by atoms with van der Waals surface area (Å²) in [6.07, 6.45) is 6.12. The number of hydrogen-bond acceptors (Lipinski definition) is 3. The summed E-state index contributed by atoms with van der Waals surface area (Å²) >= 11 is 0. The second-order valence-electron chi connectivity index (χ2n) is 4.86. The van der Waals surface area contributed by atoms with E-state index in [-0.39, 0.29) is 11.9 Å². The van der Waals surface area contributed by atoms with Gasteiger partial charge in [0.2, 0.25) is 5.91 Å². The Bertz CT molecular complexity index is 413. The van der Waals surface area contributed by atoms with Crippen LogP contribution in [-0.2, 0) is 18.3 Å². The Hall–Kier alpha value is -1.36. The first kappa shape index (κ1) is 13.1. The number of fused-ring (bicyclic) bond motifs is 1. The fraction of sp³-hybridized carbons (Fsp3) is 0.692. The minimum absolute atomic E-state index is 0.0742. The average molecular weight is 250 g/mol. The van der Waals surface area contributed by atoms with Crippen LogP contribution in [-0.4, -0.2) is 28.8 Å². The lowest BCUT2D eigenvalue weighted by Crippen LogP contribution is -2.37. The topological polar surface area (TPSA) is 59.0 Å². The van der Waals surface area contributed by atoms with E-state index in [0.717, 1.165) is 32.2 Å². The molecular weight excluding hydrogens is 228 g/mol. The Morgan fingerprint density at radius 1 is 1.61 bits per heavy atom. The highest BCUT2D eigenvalue weighted by molar-refractivity contribution is 5.78. The molecule has 1 heterocycles. The van der Waals surface area contributed by atoms with Gasteiger partial charge in [-0.3, -0.25) is 9.48 Å². The van der Waals surface area contributed by atoms with Gasteiger partial charge in [0.15, 0.2) is 0 Å². The maximum atomic E-state index is 11.8. The van der Waals surface area contributed by atoms with Gasteiger partial charge < -0.3 is 10.6 Å². The molecule has 1 atom stereocenters. The number of amides is 1. The summed E-state index contributed by atoms with van der Waals surface area (Å²) in [7, 11) is 1.96. The van der Waals surface area contributed by atoms with Crippen molar-refractivity contribution in [1.82, 2.24) is 20.4 Å². The zero-order chi connectivity index (χ0) is 13.0. The summed E-state index contributed by atoms with van der Waals surface area (Å²) in [6, 6.07) is 0.137.